The fraction of sp³-hybridized carbons (Fsp3) is 0.185. The molecule has 0 saturated heterocycles. The molecule has 2 atom stereocenters. The van der Waals surface area contributed by atoms with Crippen LogP contribution in [0.3, 0.4) is 0 Å². The van der Waals surface area contributed by atoms with Gasteiger partial charge < -0.3 is 0 Å². The predicted molar refractivity (Wildman–Crippen MR) is 147 cm³/mol. The molecule has 0 N–H and O–H groups in total. The third-order valence-electron chi connectivity index (χ3n) is 6.34. The summed E-state index contributed by atoms with van der Waals surface area (Å²) in [5, 5.41) is 1.21. The molecule has 10 heteroatoms. The van der Waals surface area contributed by atoms with Crippen molar-refractivity contribution >= 4 is 51.8 Å². The molecular weight excluding hydrogens is 597 g/mol. The number of rotatable bonds is 6. The predicted octanol–water partition coefficient (Wildman–Crippen LogP) is 5.74. The van der Waals surface area contributed by atoms with Crippen molar-refractivity contribution in [3.8, 4) is 16.9 Å². The van der Waals surface area contributed by atoms with Crippen molar-refractivity contribution < 1.29 is 9.13 Å². The molecule has 1 aliphatic heterocycles. The Kier molecular flexibility index (Phi) is 7.60. The van der Waals surface area contributed by atoms with Gasteiger partial charge >= 0.3 is 237 Å². The summed E-state index contributed by atoms with van der Waals surface area (Å²) in [4.78, 5) is 27.9. The van der Waals surface area contributed by atoms with Gasteiger partial charge in [0.05, 0.1) is 0 Å². The van der Waals surface area contributed by atoms with Crippen LogP contribution < -0.4 is 16.0 Å². The van der Waals surface area contributed by atoms with E-state index < -0.39 is 23.1 Å². The molecule has 37 heavy (non-hydrogen) atoms. The first-order chi connectivity index (χ1) is 17.8. The number of benzene rings is 3. The second kappa shape index (κ2) is 10.7. The molecule has 2 radical (unpaired) electrons. The maximum atomic E-state index is 15.5. The van der Waals surface area contributed by atoms with Crippen molar-refractivity contribution in [3.05, 3.63) is 115 Å². The van der Waals surface area contributed by atoms with Crippen molar-refractivity contribution in [2.45, 2.75) is 22.3 Å². The van der Waals surface area contributed by atoms with E-state index in [1.807, 2.05) is 30.3 Å². The second-order valence-electron chi connectivity index (χ2n) is 8.46. The second-order valence-corrected chi connectivity index (χ2v) is 11.6. The van der Waals surface area contributed by atoms with E-state index in [2.05, 4.69) is 16.9 Å². The van der Waals surface area contributed by atoms with E-state index >= 15 is 4.39 Å². The molecule has 0 bridgehead atoms. The fourth-order valence-corrected chi connectivity index (χ4v) is 7.22. The van der Waals surface area contributed by atoms with Crippen LogP contribution in [-0.4, -0.2) is 38.8 Å². The molecule has 5 nitrogen and oxygen atoms in total. The number of halogens is 3. The van der Waals surface area contributed by atoms with E-state index in [-0.39, 0.29) is 28.1 Å². The van der Waals surface area contributed by atoms with Crippen LogP contribution in [0.1, 0.15) is 21.9 Å². The Morgan fingerprint density at radius 3 is 2.41 bits per heavy atom. The van der Waals surface area contributed by atoms with E-state index in [1.165, 1.54) is 40.1 Å². The van der Waals surface area contributed by atoms with Crippen molar-refractivity contribution in [1.82, 2.24) is 9.13 Å². The fourth-order valence-electron chi connectivity index (χ4n) is 4.55. The summed E-state index contributed by atoms with van der Waals surface area (Å²) in [6.07, 6.45) is 0. The van der Waals surface area contributed by atoms with Gasteiger partial charge in [0.2, 0.25) is 0 Å². The Labute approximate surface area is 235 Å². The van der Waals surface area contributed by atoms with E-state index in [4.69, 9.17) is 27.9 Å². The molecule has 4 aromatic rings. The minimum atomic E-state index is -0.665. The Bertz CT molecular complexity index is 1590. The molecule has 2 unspecified atom stereocenters. The molecule has 0 spiro atoms. The third-order valence-corrected chi connectivity index (χ3v) is 9.13. The summed E-state index contributed by atoms with van der Waals surface area (Å²) in [6, 6.07) is 18.8. The van der Waals surface area contributed by atoms with Gasteiger partial charge in [0.25, 0.3) is 0 Å². The summed E-state index contributed by atoms with van der Waals surface area (Å²) in [7, 11) is 1.37. The number of fused-ring (bicyclic) bond motifs is 1. The molecule has 0 saturated carbocycles. The van der Waals surface area contributed by atoms with E-state index in [9.17, 15) is 9.59 Å². The molecular formula is C27H20AsCl2FN2O3S. The molecule has 1 aromatic heterocycles. The Hall–Kier alpha value is -2.44. The first-order valence-electron chi connectivity index (χ1n) is 11.3. The van der Waals surface area contributed by atoms with Gasteiger partial charge in [-0.3, -0.25) is 0 Å². The number of hydrogen-bond donors (Lipinski definition) is 0. The van der Waals surface area contributed by atoms with E-state index in [0.29, 0.717) is 26.4 Å². The Morgan fingerprint density at radius 1 is 1.05 bits per heavy atom. The maximum absolute atomic E-state index is 15.5. The summed E-state index contributed by atoms with van der Waals surface area (Å²) in [5.74, 6) is -0.247. The molecule has 1 aliphatic rings. The monoisotopic (exact) mass is 616 g/mol. The molecule has 0 fully saturated rings. The van der Waals surface area contributed by atoms with Crippen LogP contribution >= 0.6 is 35.0 Å². The van der Waals surface area contributed by atoms with Gasteiger partial charge in [0, 0.05) is 0 Å². The average molecular weight is 617 g/mol. The van der Waals surface area contributed by atoms with Gasteiger partial charge in [-0.1, -0.05) is 0 Å². The van der Waals surface area contributed by atoms with Crippen LogP contribution in [0.4, 0.5) is 4.39 Å². The van der Waals surface area contributed by atoms with Crippen molar-refractivity contribution in [3.63, 3.8) is 0 Å². The molecule has 2 heterocycles. The Balaban J connectivity index is 1.78. The first kappa shape index (κ1) is 26.2. The topological polar surface area (TPSA) is 53.2 Å². The summed E-state index contributed by atoms with van der Waals surface area (Å²) >= 11 is 16.9. The van der Waals surface area contributed by atoms with Crippen molar-refractivity contribution in [2.75, 3.05) is 12.9 Å². The number of thioether (sulfide) groups is 1. The SMILES string of the molecule is COc1cccc(-c2c3n(c(=O)n(CC([As])c4ccccc4)c2=O)C(c2c(Cl)cccc2Cl)CS3)c1F. The van der Waals surface area contributed by atoms with Gasteiger partial charge in [-0.05, 0) is 0 Å². The average Bonchev–Trinajstić information content (AvgIpc) is 3.32. The number of aromatic nitrogens is 2. The van der Waals surface area contributed by atoms with Gasteiger partial charge in [0.15, 0.2) is 0 Å². The zero-order chi connectivity index (χ0) is 26.3. The molecule has 0 amide bonds. The van der Waals surface area contributed by atoms with Crippen LogP contribution in [0, 0.1) is 5.82 Å². The number of ether oxygens (including phenoxy) is 1. The quantitative estimate of drug-likeness (QED) is 0.205. The number of nitrogens with zero attached hydrogens (tertiary/aromatic N) is 2. The van der Waals surface area contributed by atoms with Crippen LogP contribution in [0.2, 0.25) is 10.0 Å². The standard InChI is InChI=1S/C27H20AsCl2FN2O3S/c1-36-21-12-5-9-16(24(21)31)22-25(34)32(13-17(28)15-7-3-2-4-8-15)27(35)33-20(14-37-26(22)33)23-18(29)10-6-11-19(23)30/h2-12,17,20H,13-14H2,1H3. The van der Waals surface area contributed by atoms with Gasteiger partial charge in [0.1, 0.15) is 0 Å². The van der Waals surface area contributed by atoms with Crippen LogP contribution in [0.5, 0.6) is 5.75 Å². The summed E-state index contributed by atoms with van der Waals surface area (Å²) in [5.41, 5.74) is 0.669. The number of methoxy groups -OCH3 is 1. The van der Waals surface area contributed by atoms with E-state index in [1.54, 1.807) is 24.3 Å². The molecule has 3 aromatic carbocycles. The molecule has 5 rings (SSSR count). The zero-order valence-electron chi connectivity index (χ0n) is 19.5. The van der Waals surface area contributed by atoms with Crippen LogP contribution in [0.15, 0.2) is 81.3 Å². The molecule has 0 aliphatic carbocycles. The minimum absolute atomic E-state index is 0.0106. The van der Waals surface area contributed by atoms with Gasteiger partial charge in [-0.25, -0.2) is 0 Å². The number of hydrogen-bond acceptors (Lipinski definition) is 4. The zero-order valence-corrected chi connectivity index (χ0v) is 23.7. The van der Waals surface area contributed by atoms with E-state index in [0.717, 1.165) is 5.56 Å². The van der Waals surface area contributed by atoms with Gasteiger partial charge in [-0.2, -0.15) is 0 Å². The third kappa shape index (κ3) is 4.67. The normalized spacial score (nSPS) is 15.4. The van der Waals surface area contributed by atoms with Crippen molar-refractivity contribution in [1.29, 1.82) is 0 Å². The Morgan fingerprint density at radius 2 is 1.73 bits per heavy atom. The van der Waals surface area contributed by atoms with Crippen LogP contribution in [0.25, 0.3) is 11.1 Å². The van der Waals surface area contributed by atoms with Gasteiger partial charge in [-0.15, -0.1) is 0 Å². The summed E-state index contributed by atoms with van der Waals surface area (Å²) in [6.45, 7) is 0.0915. The van der Waals surface area contributed by atoms with Crippen molar-refractivity contribution in [2.24, 2.45) is 0 Å². The first-order valence-corrected chi connectivity index (χ1v) is 14.2. The summed E-state index contributed by atoms with van der Waals surface area (Å²) < 4.78 is 23.2. The van der Waals surface area contributed by atoms with Crippen LogP contribution in [-0.2, 0) is 6.54 Å². The molecule has 188 valence electrons.